The number of carbonyl (C=O) groups excluding carboxylic acids is 1. The van der Waals surface area contributed by atoms with Gasteiger partial charge in [0.1, 0.15) is 0 Å². The molecule has 30 heavy (non-hydrogen) atoms. The van der Waals surface area contributed by atoms with Gasteiger partial charge in [-0.05, 0) is 79.4 Å². The third-order valence-electron chi connectivity index (χ3n) is 5.91. The molecule has 1 heterocycles. The SMILES string of the molecule is CN1CCCC1c1ccc(CCNC(=O)c2ccc(-c3ccc(Cl)cc3)cc2)cc1. The summed E-state index contributed by atoms with van der Waals surface area (Å²) in [5, 5.41) is 3.74. The van der Waals surface area contributed by atoms with E-state index in [2.05, 4.69) is 41.5 Å². The van der Waals surface area contributed by atoms with Crippen LogP contribution < -0.4 is 5.32 Å². The van der Waals surface area contributed by atoms with Crippen LogP contribution in [0.2, 0.25) is 5.02 Å². The zero-order chi connectivity index (χ0) is 20.9. The van der Waals surface area contributed by atoms with E-state index in [0.29, 0.717) is 18.2 Å². The van der Waals surface area contributed by atoms with Gasteiger partial charge in [-0.25, -0.2) is 0 Å². The number of benzene rings is 3. The van der Waals surface area contributed by atoms with Crippen LogP contribution in [-0.2, 0) is 6.42 Å². The second-order valence-corrected chi connectivity index (χ2v) is 8.41. The van der Waals surface area contributed by atoms with Gasteiger partial charge in [0.05, 0.1) is 0 Å². The number of carbonyl (C=O) groups is 1. The second-order valence-electron chi connectivity index (χ2n) is 7.97. The van der Waals surface area contributed by atoms with Gasteiger partial charge in [-0.1, -0.05) is 60.1 Å². The minimum absolute atomic E-state index is 0.0399. The summed E-state index contributed by atoms with van der Waals surface area (Å²) < 4.78 is 0. The monoisotopic (exact) mass is 418 g/mol. The molecule has 1 amide bonds. The van der Waals surface area contributed by atoms with Gasteiger partial charge in [0.15, 0.2) is 0 Å². The molecular weight excluding hydrogens is 392 g/mol. The maximum Gasteiger partial charge on any atom is 0.251 e. The van der Waals surface area contributed by atoms with E-state index in [4.69, 9.17) is 11.6 Å². The van der Waals surface area contributed by atoms with Crippen LogP contribution in [0.3, 0.4) is 0 Å². The van der Waals surface area contributed by atoms with Gasteiger partial charge in [-0.15, -0.1) is 0 Å². The number of nitrogens with zero attached hydrogens (tertiary/aromatic N) is 1. The number of hydrogen-bond acceptors (Lipinski definition) is 2. The zero-order valence-corrected chi connectivity index (χ0v) is 18.0. The number of amides is 1. The molecule has 1 unspecified atom stereocenters. The van der Waals surface area contributed by atoms with Crippen molar-refractivity contribution in [1.82, 2.24) is 10.2 Å². The largest absolute Gasteiger partial charge is 0.352 e. The molecule has 3 nitrogen and oxygen atoms in total. The van der Waals surface area contributed by atoms with Gasteiger partial charge >= 0.3 is 0 Å². The molecule has 1 N–H and O–H groups in total. The smallest absolute Gasteiger partial charge is 0.251 e. The molecule has 3 aromatic rings. The van der Waals surface area contributed by atoms with Crippen molar-refractivity contribution in [3.63, 3.8) is 0 Å². The van der Waals surface area contributed by atoms with Gasteiger partial charge in [0, 0.05) is 23.2 Å². The first-order chi connectivity index (χ1) is 14.6. The molecule has 0 bridgehead atoms. The first-order valence-electron chi connectivity index (χ1n) is 10.5. The number of rotatable bonds is 6. The summed E-state index contributed by atoms with van der Waals surface area (Å²) in [5.74, 6) is -0.0399. The predicted molar refractivity (Wildman–Crippen MR) is 124 cm³/mol. The van der Waals surface area contributed by atoms with Crippen molar-refractivity contribution in [3.8, 4) is 11.1 Å². The Hall–Kier alpha value is -2.62. The molecule has 1 atom stereocenters. The lowest BCUT2D eigenvalue weighted by atomic mass is 10.0. The van der Waals surface area contributed by atoms with E-state index in [-0.39, 0.29) is 5.91 Å². The highest BCUT2D eigenvalue weighted by molar-refractivity contribution is 6.30. The molecule has 154 valence electrons. The molecule has 1 saturated heterocycles. The number of halogens is 1. The summed E-state index contributed by atoms with van der Waals surface area (Å²) in [5.41, 5.74) is 5.46. The molecule has 1 fully saturated rings. The first kappa shape index (κ1) is 20.6. The summed E-state index contributed by atoms with van der Waals surface area (Å²) in [4.78, 5) is 14.9. The molecule has 3 aromatic carbocycles. The van der Waals surface area contributed by atoms with Crippen LogP contribution in [-0.4, -0.2) is 30.9 Å². The molecule has 4 heteroatoms. The van der Waals surface area contributed by atoms with Crippen LogP contribution in [0.5, 0.6) is 0 Å². The predicted octanol–water partition coefficient (Wildman–Crippen LogP) is 5.75. The molecule has 0 aromatic heterocycles. The van der Waals surface area contributed by atoms with Crippen molar-refractivity contribution in [2.45, 2.75) is 25.3 Å². The average Bonchev–Trinajstić information content (AvgIpc) is 3.21. The topological polar surface area (TPSA) is 32.3 Å². The number of nitrogens with one attached hydrogen (secondary N) is 1. The minimum atomic E-state index is -0.0399. The highest BCUT2D eigenvalue weighted by atomic mass is 35.5. The molecule has 0 spiro atoms. The molecule has 1 aliphatic rings. The number of hydrogen-bond donors (Lipinski definition) is 1. The van der Waals surface area contributed by atoms with Gasteiger partial charge in [-0.2, -0.15) is 0 Å². The van der Waals surface area contributed by atoms with Crippen molar-refractivity contribution >= 4 is 17.5 Å². The van der Waals surface area contributed by atoms with Gasteiger partial charge < -0.3 is 5.32 Å². The quantitative estimate of drug-likeness (QED) is 0.553. The maximum absolute atomic E-state index is 12.5. The van der Waals surface area contributed by atoms with E-state index in [9.17, 15) is 4.79 Å². The Kier molecular flexibility index (Phi) is 6.51. The van der Waals surface area contributed by atoms with E-state index in [1.54, 1.807) is 0 Å². The Balaban J connectivity index is 1.29. The van der Waals surface area contributed by atoms with Crippen molar-refractivity contribution in [2.75, 3.05) is 20.1 Å². The molecule has 1 aliphatic heterocycles. The van der Waals surface area contributed by atoms with Crippen molar-refractivity contribution in [1.29, 1.82) is 0 Å². The molecule has 0 radical (unpaired) electrons. The van der Waals surface area contributed by atoms with Crippen LogP contribution >= 0.6 is 11.6 Å². The van der Waals surface area contributed by atoms with Crippen molar-refractivity contribution in [3.05, 3.63) is 94.5 Å². The van der Waals surface area contributed by atoms with Crippen LogP contribution in [0.4, 0.5) is 0 Å². The summed E-state index contributed by atoms with van der Waals surface area (Å²) in [7, 11) is 2.20. The fourth-order valence-electron chi connectivity index (χ4n) is 4.12. The lowest BCUT2D eigenvalue weighted by Crippen LogP contribution is -2.25. The van der Waals surface area contributed by atoms with Crippen LogP contribution in [0, 0.1) is 0 Å². The van der Waals surface area contributed by atoms with Crippen molar-refractivity contribution in [2.24, 2.45) is 0 Å². The summed E-state index contributed by atoms with van der Waals surface area (Å²) >= 11 is 5.95. The van der Waals surface area contributed by atoms with Crippen LogP contribution in [0.15, 0.2) is 72.8 Å². The fourth-order valence-corrected chi connectivity index (χ4v) is 4.24. The van der Waals surface area contributed by atoms with Gasteiger partial charge in [-0.3, -0.25) is 9.69 Å². The van der Waals surface area contributed by atoms with E-state index in [1.165, 1.54) is 30.5 Å². The summed E-state index contributed by atoms with van der Waals surface area (Å²) in [6.45, 7) is 1.81. The fraction of sp³-hybridized carbons (Fsp3) is 0.269. The van der Waals surface area contributed by atoms with E-state index in [1.807, 2.05) is 48.5 Å². The van der Waals surface area contributed by atoms with Gasteiger partial charge in [0.25, 0.3) is 5.91 Å². The molecule has 0 saturated carbocycles. The zero-order valence-electron chi connectivity index (χ0n) is 17.3. The highest BCUT2D eigenvalue weighted by Gasteiger charge is 2.22. The highest BCUT2D eigenvalue weighted by Crippen LogP contribution is 2.30. The molecular formula is C26H27ClN2O. The van der Waals surface area contributed by atoms with E-state index >= 15 is 0 Å². The Morgan fingerprint density at radius 3 is 2.20 bits per heavy atom. The minimum Gasteiger partial charge on any atom is -0.352 e. The first-order valence-corrected chi connectivity index (χ1v) is 10.9. The van der Waals surface area contributed by atoms with E-state index in [0.717, 1.165) is 22.6 Å². The lowest BCUT2D eigenvalue weighted by Gasteiger charge is -2.20. The Morgan fingerprint density at radius 1 is 0.967 bits per heavy atom. The number of likely N-dealkylation sites (tertiary alicyclic amines) is 1. The van der Waals surface area contributed by atoms with Gasteiger partial charge in [0.2, 0.25) is 0 Å². The van der Waals surface area contributed by atoms with E-state index < -0.39 is 0 Å². The third kappa shape index (κ3) is 4.92. The standard InChI is InChI=1S/C26H27ClN2O/c1-29-18-2-3-25(29)22-6-4-19(5-7-22)16-17-28-26(30)23-10-8-20(9-11-23)21-12-14-24(27)15-13-21/h4-15,25H,2-3,16-18H2,1H3,(H,28,30). The third-order valence-corrected chi connectivity index (χ3v) is 6.16. The average molecular weight is 419 g/mol. The Labute approximate surface area is 183 Å². The summed E-state index contributed by atoms with van der Waals surface area (Å²) in [6.07, 6.45) is 3.34. The normalized spacial score (nSPS) is 16.5. The van der Waals surface area contributed by atoms with Crippen molar-refractivity contribution < 1.29 is 4.79 Å². The molecule has 0 aliphatic carbocycles. The second kappa shape index (κ2) is 9.46. The van der Waals surface area contributed by atoms with Crippen LogP contribution in [0.25, 0.3) is 11.1 Å². The summed E-state index contributed by atoms with van der Waals surface area (Å²) in [6, 6.07) is 24.8. The van der Waals surface area contributed by atoms with Crippen LogP contribution in [0.1, 0.15) is 40.4 Å². The molecule has 4 rings (SSSR count). The lowest BCUT2D eigenvalue weighted by molar-refractivity contribution is 0.0954. The Bertz CT molecular complexity index is 981. The Morgan fingerprint density at radius 2 is 1.60 bits per heavy atom. The maximum atomic E-state index is 12.5.